The highest BCUT2D eigenvalue weighted by Crippen LogP contribution is 2.32. The molecule has 3 aliphatic rings. The number of amidine groups is 1. The maximum absolute atomic E-state index is 10.2. The van der Waals surface area contributed by atoms with Gasteiger partial charge < -0.3 is 25.6 Å². The normalized spacial score (nSPS) is 43.2. The molecule has 0 bridgehead atoms. The number of hydrogen-bond donors (Lipinski definition) is 3. The summed E-state index contributed by atoms with van der Waals surface area (Å²) in [6.45, 7) is 3.88. The van der Waals surface area contributed by atoms with Crippen molar-refractivity contribution in [3.8, 4) is 0 Å². The number of fused-ring (bicyclic) bond motifs is 1. The zero-order valence-electron chi connectivity index (χ0n) is 11.4. The number of nitrogens with two attached hydrogens (primary N) is 1. The topological polar surface area (TPSA) is 116 Å². The number of aliphatic hydroxyl groups is 2. The summed E-state index contributed by atoms with van der Waals surface area (Å²) < 4.78 is 5.80. The van der Waals surface area contributed by atoms with Gasteiger partial charge in [-0.3, -0.25) is 4.99 Å². The van der Waals surface area contributed by atoms with E-state index in [1.807, 2.05) is 13.8 Å². The van der Waals surface area contributed by atoms with E-state index in [4.69, 9.17) is 10.5 Å². The number of ether oxygens (including phenoxy) is 1. The highest BCUT2D eigenvalue weighted by Gasteiger charge is 2.50. The van der Waals surface area contributed by atoms with Crippen molar-refractivity contribution in [1.82, 2.24) is 4.90 Å². The van der Waals surface area contributed by atoms with Gasteiger partial charge in [0.2, 0.25) is 0 Å². The molecular weight excluding hydrogens is 262 g/mol. The SMILES string of the molecule is CC(C)[C@@H]1O[C@@H](N2C=NC3C(N)=NC=NC32)[C@H](O)[C@H]1O. The van der Waals surface area contributed by atoms with Crippen LogP contribution in [0.2, 0.25) is 0 Å². The number of nitrogens with zero attached hydrogens (tertiary/aromatic N) is 4. The van der Waals surface area contributed by atoms with E-state index in [9.17, 15) is 10.2 Å². The minimum Gasteiger partial charge on any atom is -0.388 e. The lowest BCUT2D eigenvalue weighted by Gasteiger charge is -2.31. The molecule has 1 saturated heterocycles. The summed E-state index contributed by atoms with van der Waals surface area (Å²) in [5.74, 6) is 0.485. The Hall–Kier alpha value is -1.51. The van der Waals surface area contributed by atoms with Crippen LogP contribution in [-0.2, 0) is 4.74 Å². The van der Waals surface area contributed by atoms with E-state index in [2.05, 4.69) is 15.0 Å². The molecule has 4 N–H and O–H groups in total. The second-order valence-corrected chi connectivity index (χ2v) is 5.61. The van der Waals surface area contributed by atoms with E-state index in [-0.39, 0.29) is 18.1 Å². The fourth-order valence-corrected chi connectivity index (χ4v) is 2.79. The number of rotatable bonds is 2. The van der Waals surface area contributed by atoms with Crippen molar-refractivity contribution in [2.75, 3.05) is 0 Å². The van der Waals surface area contributed by atoms with Crippen LogP contribution in [0, 0.1) is 5.92 Å². The lowest BCUT2D eigenvalue weighted by Crippen LogP contribution is -2.51. The molecule has 6 atom stereocenters. The van der Waals surface area contributed by atoms with Crippen LogP contribution in [-0.4, -0.2) is 70.4 Å². The molecule has 8 heteroatoms. The summed E-state index contributed by atoms with van der Waals surface area (Å²) in [6.07, 6.45) is -0.459. The third kappa shape index (κ3) is 1.91. The molecule has 110 valence electrons. The second-order valence-electron chi connectivity index (χ2n) is 5.61. The molecule has 0 aromatic rings. The van der Waals surface area contributed by atoms with Crippen LogP contribution in [0.15, 0.2) is 15.0 Å². The van der Waals surface area contributed by atoms with Crippen LogP contribution < -0.4 is 5.73 Å². The first-order valence-corrected chi connectivity index (χ1v) is 6.68. The zero-order chi connectivity index (χ0) is 14.4. The Balaban J connectivity index is 1.80. The lowest BCUT2D eigenvalue weighted by atomic mass is 10.0. The fourth-order valence-electron chi connectivity index (χ4n) is 2.79. The molecule has 0 saturated carbocycles. The molecule has 0 aromatic heterocycles. The molecule has 20 heavy (non-hydrogen) atoms. The fraction of sp³-hybridized carbons (Fsp3) is 0.750. The Labute approximate surface area is 116 Å². The molecule has 0 aliphatic carbocycles. The molecule has 3 aliphatic heterocycles. The molecule has 0 spiro atoms. The first-order valence-electron chi connectivity index (χ1n) is 6.68. The van der Waals surface area contributed by atoms with E-state index in [1.165, 1.54) is 6.34 Å². The third-order valence-electron chi connectivity index (χ3n) is 3.90. The molecule has 3 heterocycles. The Kier molecular flexibility index (Phi) is 3.23. The van der Waals surface area contributed by atoms with Gasteiger partial charge in [0.15, 0.2) is 12.4 Å². The molecule has 3 rings (SSSR count). The lowest BCUT2D eigenvalue weighted by molar-refractivity contribution is -0.0773. The first kappa shape index (κ1) is 13.5. The monoisotopic (exact) mass is 281 g/mol. The summed E-state index contributed by atoms with van der Waals surface area (Å²) in [7, 11) is 0. The van der Waals surface area contributed by atoms with E-state index in [1.54, 1.807) is 11.2 Å². The van der Waals surface area contributed by atoms with Gasteiger partial charge in [0.1, 0.15) is 30.4 Å². The van der Waals surface area contributed by atoms with Crippen LogP contribution in [0.4, 0.5) is 0 Å². The van der Waals surface area contributed by atoms with Crippen molar-refractivity contribution < 1.29 is 14.9 Å². The predicted molar refractivity (Wildman–Crippen MR) is 73.5 cm³/mol. The van der Waals surface area contributed by atoms with E-state index in [0.29, 0.717) is 5.84 Å². The van der Waals surface area contributed by atoms with Crippen molar-refractivity contribution in [2.45, 2.75) is 50.6 Å². The maximum Gasteiger partial charge on any atom is 0.161 e. The quantitative estimate of drug-likeness (QED) is 0.571. The highest BCUT2D eigenvalue weighted by atomic mass is 16.6. The number of aliphatic hydroxyl groups excluding tert-OH is 2. The van der Waals surface area contributed by atoms with Crippen molar-refractivity contribution >= 4 is 18.5 Å². The van der Waals surface area contributed by atoms with Crippen LogP contribution in [0.5, 0.6) is 0 Å². The van der Waals surface area contributed by atoms with Crippen LogP contribution in [0.3, 0.4) is 0 Å². The van der Waals surface area contributed by atoms with Gasteiger partial charge in [-0.1, -0.05) is 13.8 Å². The number of hydrogen-bond acceptors (Lipinski definition) is 8. The number of aliphatic imine (C=N–C) groups is 3. The largest absolute Gasteiger partial charge is 0.388 e. The van der Waals surface area contributed by atoms with Crippen molar-refractivity contribution in [3.05, 3.63) is 0 Å². The van der Waals surface area contributed by atoms with Gasteiger partial charge in [0, 0.05) is 0 Å². The average molecular weight is 281 g/mol. The second kappa shape index (κ2) is 4.80. The Morgan fingerprint density at radius 3 is 2.70 bits per heavy atom. The molecular formula is C12H19N5O3. The summed E-state index contributed by atoms with van der Waals surface area (Å²) in [6, 6.07) is -0.356. The van der Waals surface area contributed by atoms with Gasteiger partial charge in [0.05, 0.1) is 12.4 Å². The molecule has 8 nitrogen and oxygen atoms in total. The van der Waals surface area contributed by atoms with Gasteiger partial charge >= 0.3 is 0 Å². The minimum absolute atomic E-state index is 0.0986. The Morgan fingerprint density at radius 1 is 1.30 bits per heavy atom. The molecule has 2 unspecified atom stereocenters. The summed E-state index contributed by atoms with van der Waals surface area (Å²) in [5, 5.41) is 20.3. The zero-order valence-corrected chi connectivity index (χ0v) is 11.4. The molecule has 1 fully saturated rings. The predicted octanol–water partition coefficient (Wildman–Crippen LogP) is -1.47. The third-order valence-corrected chi connectivity index (χ3v) is 3.90. The summed E-state index contributed by atoms with van der Waals surface area (Å²) in [4.78, 5) is 14.1. The van der Waals surface area contributed by atoms with Gasteiger partial charge in [-0.25, -0.2) is 9.98 Å². The standard InChI is InChI=1S/C12H19N5O3/c1-5(2)9-7(18)8(19)12(20-9)17-4-16-6-10(13)14-3-15-11(6)17/h3-9,11-12,18-19H,1-2H3,(H2,13,14,15)/t6?,7-,8-,9+,11?,12-/m1/s1. The van der Waals surface area contributed by atoms with Crippen LogP contribution in [0.1, 0.15) is 13.8 Å². The van der Waals surface area contributed by atoms with Crippen molar-refractivity contribution in [1.29, 1.82) is 0 Å². The molecule has 0 aromatic carbocycles. The smallest absolute Gasteiger partial charge is 0.161 e. The van der Waals surface area contributed by atoms with Crippen LogP contribution in [0.25, 0.3) is 0 Å². The van der Waals surface area contributed by atoms with Gasteiger partial charge in [0.25, 0.3) is 0 Å². The van der Waals surface area contributed by atoms with E-state index in [0.717, 1.165) is 0 Å². The maximum atomic E-state index is 10.2. The molecule has 0 amide bonds. The van der Waals surface area contributed by atoms with E-state index < -0.39 is 24.5 Å². The van der Waals surface area contributed by atoms with Crippen molar-refractivity contribution in [3.63, 3.8) is 0 Å². The highest BCUT2D eigenvalue weighted by molar-refractivity contribution is 5.96. The Bertz CT molecular complexity index is 478. The Morgan fingerprint density at radius 2 is 2.05 bits per heavy atom. The molecule has 0 radical (unpaired) electrons. The average Bonchev–Trinajstić information content (AvgIpc) is 2.94. The minimum atomic E-state index is -1.01. The first-order chi connectivity index (χ1) is 9.50. The van der Waals surface area contributed by atoms with Gasteiger partial charge in [-0.05, 0) is 5.92 Å². The van der Waals surface area contributed by atoms with E-state index >= 15 is 0 Å². The summed E-state index contributed by atoms with van der Waals surface area (Å²) in [5.41, 5.74) is 5.78. The van der Waals surface area contributed by atoms with Gasteiger partial charge in [-0.15, -0.1) is 0 Å². The van der Waals surface area contributed by atoms with Crippen molar-refractivity contribution in [2.24, 2.45) is 26.6 Å². The summed E-state index contributed by atoms with van der Waals surface area (Å²) >= 11 is 0. The van der Waals surface area contributed by atoms with Crippen LogP contribution >= 0.6 is 0 Å². The van der Waals surface area contributed by atoms with Gasteiger partial charge in [-0.2, -0.15) is 0 Å².